The zero-order chi connectivity index (χ0) is 13.9. The average molecular weight is 335 g/mol. The van der Waals surface area contributed by atoms with Crippen LogP contribution in [-0.2, 0) is 0 Å². The Morgan fingerprint density at radius 3 is 2.80 bits per heavy atom. The predicted molar refractivity (Wildman–Crippen MR) is 82.4 cm³/mol. The summed E-state index contributed by atoms with van der Waals surface area (Å²) in [6.07, 6.45) is 5.86. The van der Waals surface area contributed by atoms with Crippen molar-refractivity contribution in [2.24, 2.45) is 0 Å². The van der Waals surface area contributed by atoms with Gasteiger partial charge in [0.2, 0.25) is 0 Å². The lowest BCUT2D eigenvalue weighted by atomic mass is 10.0. The summed E-state index contributed by atoms with van der Waals surface area (Å²) in [5.41, 5.74) is 1.37. The topological polar surface area (TPSA) is 34.0 Å². The zero-order valence-corrected chi connectivity index (χ0v) is 13.2. The van der Waals surface area contributed by atoms with Crippen molar-refractivity contribution >= 4 is 15.9 Å². The standard InChI is InChI=1S/C15H19BrN4/c1-12(13-4-6-14(16)7-5-13)19-8-2-3-15(9-19)20-11-17-10-18-20/h4-7,10-12,15H,2-3,8-9H2,1H3. The van der Waals surface area contributed by atoms with Crippen LogP contribution in [0.2, 0.25) is 0 Å². The van der Waals surface area contributed by atoms with Gasteiger partial charge in [0.1, 0.15) is 12.7 Å². The van der Waals surface area contributed by atoms with E-state index in [4.69, 9.17) is 0 Å². The van der Waals surface area contributed by atoms with Crippen molar-refractivity contribution < 1.29 is 0 Å². The second-order valence-electron chi connectivity index (χ2n) is 5.39. The second-order valence-corrected chi connectivity index (χ2v) is 6.31. The summed E-state index contributed by atoms with van der Waals surface area (Å²) < 4.78 is 3.13. The normalized spacial score (nSPS) is 21.8. The molecule has 5 heteroatoms. The highest BCUT2D eigenvalue weighted by atomic mass is 79.9. The molecule has 0 saturated carbocycles. The molecule has 2 unspecified atom stereocenters. The number of hydrogen-bond acceptors (Lipinski definition) is 3. The van der Waals surface area contributed by atoms with E-state index in [2.05, 4.69) is 62.1 Å². The van der Waals surface area contributed by atoms with Crippen LogP contribution in [0.1, 0.15) is 37.4 Å². The summed E-state index contributed by atoms with van der Waals surface area (Å²) in [5, 5.41) is 4.29. The maximum absolute atomic E-state index is 4.29. The van der Waals surface area contributed by atoms with Gasteiger partial charge in [0.25, 0.3) is 0 Å². The van der Waals surface area contributed by atoms with Crippen LogP contribution < -0.4 is 0 Å². The molecule has 0 spiro atoms. The van der Waals surface area contributed by atoms with Crippen LogP contribution in [0.4, 0.5) is 0 Å². The number of aromatic nitrogens is 3. The molecule has 20 heavy (non-hydrogen) atoms. The first-order chi connectivity index (χ1) is 9.74. The minimum absolute atomic E-state index is 0.439. The van der Waals surface area contributed by atoms with Crippen LogP contribution in [-0.4, -0.2) is 32.8 Å². The number of piperidine rings is 1. The van der Waals surface area contributed by atoms with Crippen molar-refractivity contribution in [3.8, 4) is 0 Å². The van der Waals surface area contributed by atoms with E-state index in [0.717, 1.165) is 17.6 Å². The first kappa shape index (κ1) is 13.8. The summed E-state index contributed by atoms with van der Waals surface area (Å²) in [4.78, 5) is 6.60. The van der Waals surface area contributed by atoms with Crippen LogP contribution >= 0.6 is 15.9 Å². The molecule has 4 nitrogen and oxygen atoms in total. The first-order valence-corrected chi connectivity index (χ1v) is 7.87. The van der Waals surface area contributed by atoms with Crippen molar-refractivity contribution in [2.45, 2.75) is 31.8 Å². The van der Waals surface area contributed by atoms with Crippen LogP contribution in [0.3, 0.4) is 0 Å². The van der Waals surface area contributed by atoms with Gasteiger partial charge in [0.15, 0.2) is 0 Å². The fourth-order valence-electron chi connectivity index (χ4n) is 2.91. The van der Waals surface area contributed by atoms with Crippen molar-refractivity contribution in [2.75, 3.05) is 13.1 Å². The van der Waals surface area contributed by atoms with Crippen LogP contribution in [0, 0.1) is 0 Å². The highest BCUT2D eigenvalue weighted by Crippen LogP contribution is 2.28. The molecule has 106 valence electrons. The first-order valence-electron chi connectivity index (χ1n) is 7.07. The molecule has 2 aromatic rings. The Labute approximate surface area is 127 Å². The van der Waals surface area contributed by atoms with Crippen molar-refractivity contribution in [1.82, 2.24) is 19.7 Å². The molecule has 3 rings (SSSR count). The molecule has 1 fully saturated rings. The molecule has 0 N–H and O–H groups in total. The third-order valence-electron chi connectivity index (χ3n) is 4.14. The number of nitrogens with zero attached hydrogens (tertiary/aromatic N) is 4. The Morgan fingerprint density at radius 1 is 1.30 bits per heavy atom. The van der Waals surface area contributed by atoms with E-state index in [0.29, 0.717) is 12.1 Å². The van der Waals surface area contributed by atoms with Crippen molar-refractivity contribution in [1.29, 1.82) is 0 Å². The fraction of sp³-hybridized carbons (Fsp3) is 0.467. The van der Waals surface area contributed by atoms with E-state index in [-0.39, 0.29) is 0 Å². The minimum Gasteiger partial charge on any atom is -0.294 e. The number of hydrogen-bond donors (Lipinski definition) is 0. The Balaban J connectivity index is 1.71. The number of likely N-dealkylation sites (tertiary alicyclic amines) is 1. The van der Waals surface area contributed by atoms with Gasteiger partial charge in [-0.1, -0.05) is 28.1 Å². The molecule has 1 aliphatic heterocycles. The van der Waals surface area contributed by atoms with Crippen LogP contribution in [0.5, 0.6) is 0 Å². The lowest BCUT2D eigenvalue weighted by Gasteiger charge is -2.36. The van der Waals surface area contributed by atoms with Gasteiger partial charge < -0.3 is 0 Å². The Hall–Kier alpha value is -1.20. The van der Waals surface area contributed by atoms with Crippen molar-refractivity contribution in [3.05, 3.63) is 47.0 Å². The Kier molecular flexibility index (Phi) is 4.17. The Bertz CT molecular complexity index is 538. The monoisotopic (exact) mass is 334 g/mol. The third-order valence-corrected chi connectivity index (χ3v) is 4.67. The lowest BCUT2D eigenvalue weighted by molar-refractivity contribution is 0.129. The minimum atomic E-state index is 0.439. The number of halogens is 1. The molecule has 0 aliphatic carbocycles. The molecular weight excluding hydrogens is 316 g/mol. The largest absolute Gasteiger partial charge is 0.294 e. The lowest BCUT2D eigenvalue weighted by Crippen LogP contribution is -2.38. The maximum Gasteiger partial charge on any atom is 0.137 e. The maximum atomic E-state index is 4.29. The van der Waals surface area contributed by atoms with E-state index < -0.39 is 0 Å². The zero-order valence-electron chi connectivity index (χ0n) is 11.6. The smallest absolute Gasteiger partial charge is 0.137 e. The van der Waals surface area contributed by atoms with Gasteiger partial charge in [-0.3, -0.25) is 4.90 Å². The quantitative estimate of drug-likeness (QED) is 0.862. The molecule has 0 amide bonds. The number of benzene rings is 1. The second kappa shape index (κ2) is 6.06. The van der Waals surface area contributed by atoms with Gasteiger partial charge in [-0.05, 0) is 44.0 Å². The van der Waals surface area contributed by atoms with E-state index in [1.807, 2.05) is 11.0 Å². The van der Waals surface area contributed by atoms with Gasteiger partial charge in [-0.25, -0.2) is 9.67 Å². The van der Waals surface area contributed by atoms with E-state index in [1.54, 1.807) is 6.33 Å². The predicted octanol–water partition coefficient (Wildman–Crippen LogP) is 3.44. The van der Waals surface area contributed by atoms with Gasteiger partial charge in [-0.15, -0.1) is 0 Å². The Morgan fingerprint density at radius 2 is 2.10 bits per heavy atom. The SMILES string of the molecule is CC(c1ccc(Br)cc1)N1CCCC(n2cncn2)C1. The van der Waals surface area contributed by atoms with E-state index in [9.17, 15) is 0 Å². The molecule has 1 aliphatic rings. The molecule has 0 radical (unpaired) electrons. The fourth-order valence-corrected chi connectivity index (χ4v) is 3.17. The molecule has 1 aromatic carbocycles. The van der Waals surface area contributed by atoms with Gasteiger partial charge in [-0.2, -0.15) is 5.10 Å². The molecule has 1 saturated heterocycles. The summed E-state index contributed by atoms with van der Waals surface area (Å²) in [6.45, 7) is 4.48. The highest BCUT2D eigenvalue weighted by molar-refractivity contribution is 9.10. The molecular formula is C15H19BrN4. The summed E-state index contributed by atoms with van der Waals surface area (Å²) >= 11 is 3.49. The van der Waals surface area contributed by atoms with E-state index >= 15 is 0 Å². The summed E-state index contributed by atoms with van der Waals surface area (Å²) in [6, 6.07) is 9.52. The third kappa shape index (κ3) is 2.94. The van der Waals surface area contributed by atoms with Crippen molar-refractivity contribution in [3.63, 3.8) is 0 Å². The highest BCUT2D eigenvalue weighted by Gasteiger charge is 2.25. The van der Waals surface area contributed by atoms with Gasteiger partial charge in [0.05, 0.1) is 6.04 Å². The van der Waals surface area contributed by atoms with Gasteiger partial charge >= 0.3 is 0 Å². The average Bonchev–Trinajstić information content (AvgIpc) is 3.02. The molecule has 2 atom stereocenters. The van der Waals surface area contributed by atoms with Crippen LogP contribution in [0.25, 0.3) is 0 Å². The molecule has 2 heterocycles. The number of rotatable bonds is 3. The van der Waals surface area contributed by atoms with Gasteiger partial charge in [0, 0.05) is 17.1 Å². The van der Waals surface area contributed by atoms with Crippen LogP contribution in [0.15, 0.2) is 41.4 Å². The van der Waals surface area contributed by atoms with E-state index in [1.165, 1.54) is 18.4 Å². The summed E-state index contributed by atoms with van der Waals surface area (Å²) in [7, 11) is 0. The molecule has 0 bridgehead atoms. The molecule has 1 aromatic heterocycles. The summed E-state index contributed by atoms with van der Waals surface area (Å²) in [5.74, 6) is 0.